The third-order valence-corrected chi connectivity index (χ3v) is 5.03. The fourth-order valence-electron chi connectivity index (χ4n) is 3.48. The first kappa shape index (κ1) is 15.4. The Balaban J connectivity index is 1.47. The van der Waals surface area contributed by atoms with E-state index >= 15 is 0 Å². The summed E-state index contributed by atoms with van der Waals surface area (Å²) in [6, 6.07) is 17.6. The Morgan fingerprint density at radius 3 is 2.54 bits per heavy atom. The standard InChI is InChI=1S/C20H24N4/c1-23-10-12-24(13-11-23)15-16-6-8-17(9-7-16)20-19-5-3-2-4-18(19)14-21-22-20/h2-9,14,20,22H,10-13,15H2,1H3/t20-/m0/s1. The van der Waals surface area contributed by atoms with Crippen LogP contribution in [-0.4, -0.2) is 49.2 Å². The summed E-state index contributed by atoms with van der Waals surface area (Å²) < 4.78 is 0. The smallest absolute Gasteiger partial charge is 0.0946 e. The molecule has 0 amide bonds. The molecule has 2 aliphatic rings. The van der Waals surface area contributed by atoms with Gasteiger partial charge < -0.3 is 4.90 Å². The highest BCUT2D eigenvalue weighted by Crippen LogP contribution is 2.27. The summed E-state index contributed by atoms with van der Waals surface area (Å²) in [5, 5.41) is 4.31. The Hall–Kier alpha value is -2.17. The number of benzene rings is 2. The first-order chi connectivity index (χ1) is 11.8. The van der Waals surface area contributed by atoms with Gasteiger partial charge in [0.15, 0.2) is 0 Å². The zero-order chi connectivity index (χ0) is 16.4. The van der Waals surface area contributed by atoms with Crippen molar-refractivity contribution >= 4 is 6.21 Å². The van der Waals surface area contributed by atoms with Gasteiger partial charge >= 0.3 is 0 Å². The van der Waals surface area contributed by atoms with Crippen molar-refractivity contribution in [2.45, 2.75) is 12.6 Å². The lowest BCUT2D eigenvalue weighted by Crippen LogP contribution is -2.43. The summed E-state index contributed by atoms with van der Waals surface area (Å²) in [5.74, 6) is 0. The second-order valence-electron chi connectivity index (χ2n) is 6.77. The summed E-state index contributed by atoms with van der Waals surface area (Å²) in [6.07, 6.45) is 1.90. The minimum absolute atomic E-state index is 0.142. The molecule has 0 aromatic heterocycles. The molecule has 0 aliphatic carbocycles. The van der Waals surface area contributed by atoms with Crippen LogP contribution in [0.3, 0.4) is 0 Å². The quantitative estimate of drug-likeness (QED) is 0.942. The van der Waals surface area contributed by atoms with Crippen molar-refractivity contribution in [1.29, 1.82) is 0 Å². The number of hydrazone groups is 1. The van der Waals surface area contributed by atoms with Gasteiger partial charge in [0.05, 0.1) is 12.3 Å². The fraction of sp³-hybridized carbons (Fsp3) is 0.350. The van der Waals surface area contributed by atoms with Crippen LogP contribution in [0.5, 0.6) is 0 Å². The van der Waals surface area contributed by atoms with Gasteiger partial charge in [0.2, 0.25) is 0 Å². The molecule has 2 aliphatic heterocycles. The van der Waals surface area contributed by atoms with Crippen molar-refractivity contribution in [2.75, 3.05) is 33.2 Å². The second-order valence-corrected chi connectivity index (χ2v) is 6.77. The maximum Gasteiger partial charge on any atom is 0.0946 e. The van der Waals surface area contributed by atoms with Crippen LogP contribution < -0.4 is 5.43 Å². The van der Waals surface area contributed by atoms with E-state index in [2.05, 4.69) is 75.9 Å². The highest BCUT2D eigenvalue weighted by molar-refractivity contribution is 5.83. The number of nitrogens with zero attached hydrogens (tertiary/aromatic N) is 3. The number of rotatable bonds is 3. The van der Waals surface area contributed by atoms with Gasteiger partial charge in [0.1, 0.15) is 0 Å². The molecule has 0 unspecified atom stereocenters. The second kappa shape index (κ2) is 6.75. The largest absolute Gasteiger partial charge is 0.304 e. The first-order valence-electron chi connectivity index (χ1n) is 8.67. The molecule has 1 N–H and O–H groups in total. The summed E-state index contributed by atoms with van der Waals surface area (Å²) in [5.41, 5.74) is 8.39. The van der Waals surface area contributed by atoms with Gasteiger partial charge in [-0.1, -0.05) is 48.5 Å². The fourth-order valence-corrected chi connectivity index (χ4v) is 3.48. The van der Waals surface area contributed by atoms with Crippen LogP contribution in [0.2, 0.25) is 0 Å². The Labute approximate surface area is 143 Å². The van der Waals surface area contributed by atoms with Gasteiger partial charge in [-0.05, 0) is 23.7 Å². The number of fused-ring (bicyclic) bond motifs is 1. The number of likely N-dealkylation sites (N-methyl/N-ethyl adjacent to an activating group) is 1. The van der Waals surface area contributed by atoms with Gasteiger partial charge in [0, 0.05) is 38.3 Å². The van der Waals surface area contributed by atoms with Crippen molar-refractivity contribution in [3.8, 4) is 0 Å². The first-order valence-corrected chi connectivity index (χ1v) is 8.67. The van der Waals surface area contributed by atoms with E-state index < -0.39 is 0 Å². The zero-order valence-corrected chi connectivity index (χ0v) is 14.2. The molecule has 1 fully saturated rings. The van der Waals surface area contributed by atoms with E-state index in [0.29, 0.717) is 0 Å². The molecule has 4 rings (SSSR count). The average molecular weight is 320 g/mol. The molecule has 0 bridgehead atoms. The predicted molar refractivity (Wildman–Crippen MR) is 98.2 cm³/mol. The van der Waals surface area contributed by atoms with Crippen LogP contribution in [0.1, 0.15) is 28.3 Å². The Bertz CT molecular complexity index is 715. The maximum absolute atomic E-state index is 4.31. The average Bonchev–Trinajstić information content (AvgIpc) is 2.64. The van der Waals surface area contributed by atoms with E-state index in [1.54, 1.807) is 0 Å². The lowest BCUT2D eigenvalue weighted by atomic mass is 9.94. The summed E-state index contributed by atoms with van der Waals surface area (Å²) in [4.78, 5) is 4.93. The Morgan fingerprint density at radius 2 is 1.75 bits per heavy atom. The van der Waals surface area contributed by atoms with Crippen LogP contribution >= 0.6 is 0 Å². The molecule has 0 saturated carbocycles. The Kier molecular flexibility index (Phi) is 4.32. The van der Waals surface area contributed by atoms with Gasteiger partial charge in [-0.25, -0.2) is 0 Å². The lowest BCUT2D eigenvalue weighted by Gasteiger charge is -2.32. The third kappa shape index (κ3) is 3.21. The minimum atomic E-state index is 0.142. The SMILES string of the molecule is CN1CCN(Cc2ccc([C@@H]3NN=Cc4ccccc43)cc2)CC1. The maximum atomic E-state index is 4.31. The van der Waals surface area contributed by atoms with Crippen LogP contribution in [0.25, 0.3) is 0 Å². The van der Waals surface area contributed by atoms with E-state index in [1.165, 1.54) is 35.3 Å². The molecule has 2 heterocycles. The number of nitrogens with one attached hydrogen (secondary N) is 1. The molecule has 2 aromatic rings. The zero-order valence-electron chi connectivity index (χ0n) is 14.2. The van der Waals surface area contributed by atoms with Crippen molar-refractivity contribution < 1.29 is 0 Å². The molecule has 4 nitrogen and oxygen atoms in total. The molecule has 1 atom stereocenters. The van der Waals surface area contributed by atoms with Crippen molar-refractivity contribution in [1.82, 2.24) is 15.2 Å². The number of hydrogen-bond donors (Lipinski definition) is 1. The topological polar surface area (TPSA) is 30.9 Å². The lowest BCUT2D eigenvalue weighted by molar-refractivity contribution is 0.148. The van der Waals surface area contributed by atoms with Gasteiger partial charge in [-0.15, -0.1) is 0 Å². The summed E-state index contributed by atoms with van der Waals surface area (Å²) in [6.45, 7) is 5.69. The molecule has 1 saturated heterocycles. The molecule has 4 heteroatoms. The molecule has 24 heavy (non-hydrogen) atoms. The van der Waals surface area contributed by atoms with E-state index in [0.717, 1.165) is 19.6 Å². The van der Waals surface area contributed by atoms with E-state index in [4.69, 9.17) is 0 Å². The van der Waals surface area contributed by atoms with E-state index in [9.17, 15) is 0 Å². The van der Waals surface area contributed by atoms with E-state index in [-0.39, 0.29) is 6.04 Å². The van der Waals surface area contributed by atoms with Crippen LogP contribution in [-0.2, 0) is 6.54 Å². The normalized spacial score (nSPS) is 21.3. The predicted octanol–water partition coefficient (Wildman–Crippen LogP) is 2.46. The molecular formula is C20H24N4. The van der Waals surface area contributed by atoms with Gasteiger partial charge in [-0.2, -0.15) is 5.10 Å². The van der Waals surface area contributed by atoms with Crippen molar-refractivity contribution in [3.63, 3.8) is 0 Å². The van der Waals surface area contributed by atoms with Crippen molar-refractivity contribution in [2.24, 2.45) is 5.10 Å². The molecule has 124 valence electrons. The van der Waals surface area contributed by atoms with Crippen LogP contribution in [0.15, 0.2) is 53.6 Å². The summed E-state index contributed by atoms with van der Waals surface area (Å²) >= 11 is 0. The highest BCUT2D eigenvalue weighted by atomic mass is 15.3. The molecule has 0 spiro atoms. The minimum Gasteiger partial charge on any atom is -0.304 e. The highest BCUT2D eigenvalue weighted by Gasteiger charge is 2.19. The number of piperazine rings is 1. The van der Waals surface area contributed by atoms with Gasteiger partial charge in [0.25, 0.3) is 0 Å². The van der Waals surface area contributed by atoms with Gasteiger partial charge in [-0.3, -0.25) is 10.3 Å². The molecular weight excluding hydrogens is 296 g/mol. The third-order valence-electron chi connectivity index (χ3n) is 5.03. The monoisotopic (exact) mass is 320 g/mol. The Morgan fingerprint density at radius 1 is 1.00 bits per heavy atom. The van der Waals surface area contributed by atoms with Crippen LogP contribution in [0.4, 0.5) is 0 Å². The summed E-state index contributed by atoms with van der Waals surface area (Å²) in [7, 11) is 2.20. The number of hydrogen-bond acceptors (Lipinski definition) is 4. The van der Waals surface area contributed by atoms with E-state index in [1.807, 2.05) is 6.21 Å². The van der Waals surface area contributed by atoms with Crippen molar-refractivity contribution in [3.05, 3.63) is 70.8 Å². The molecule has 2 aromatic carbocycles. The van der Waals surface area contributed by atoms with Crippen LogP contribution in [0, 0.1) is 0 Å². The molecule has 0 radical (unpaired) electrons.